The van der Waals surface area contributed by atoms with Gasteiger partial charge in [-0.1, -0.05) is 27.2 Å². The first-order valence-electron chi connectivity index (χ1n) is 6.77. The molecule has 1 unspecified atom stereocenters. The average Bonchev–Trinajstić information content (AvgIpc) is 2.43. The van der Waals surface area contributed by atoms with Gasteiger partial charge in [0.1, 0.15) is 5.82 Å². The van der Waals surface area contributed by atoms with E-state index < -0.39 is 28.0 Å². The fraction of sp³-hybridized carbons (Fsp3) is 0.571. The Bertz CT molecular complexity index is 506. The van der Waals surface area contributed by atoms with E-state index in [2.05, 4.69) is 4.72 Å². The summed E-state index contributed by atoms with van der Waals surface area (Å²) in [6, 6.07) is 4.07. The number of aliphatic hydroxyl groups is 1. The van der Waals surface area contributed by atoms with E-state index in [9.17, 15) is 17.9 Å². The molecule has 4 nitrogen and oxygen atoms in total. The van der Waals surface area contributed by atoms with E-state index in [1.165, 1.54) is 12.1 Å². The molecule has 3 atom stereocenters. The van der Waals surface area contributed by atoms with Crippen LogP contribution in [0.2, 0.25) is 0 Å². The van der Waals surface area contributed by atoms with Crippen molar-refractivity contribution in [1.29, 1.82) is 0 Å². The molecule has 6 heteroatoms. The summed E-state index contributed by atoms with van der Waals surface area (Å²) in [5.41, 5.74) is 0. The molecular formula is C14H22FNO3S. The SMILES string of the molecule is CCC(O)[C@@H](NS(=O)(=O)c1ccc(F)cc1)[C@@H](C)CC. The predicted octanol–water partition coefficient (Wildman–Crippen LogP) is 2.29. The zero-order chi connectivity index (χ0) is 15.3. The van der Waals surface area contributed by atoms with Crippen LogP contribution in [0.1, 0.15) is 33.6 Å². The standard InChI is InChI=1S/C14H22FNO3S/c1-4-10(3)14(13(17)5-2)16-20(18,19)12-8-6-11(15)7-9-12/h6-10,13-14,16-17H,4-5H2,1-3H3/t10-,13?,14-/m0/s1. The summed E-state index contributed by atoms with van der Waals surface area (Å²) >= 11 is 0. The predicted molar refractivity (Wildman–Crippen MR) is 76.3 cm³/mol. The van der Waals surface area contributed by atoms with Crippen LogP contribution in [0.25, 0.3) is 0 Å². The van der Waals surface area contributed by atoms with Gasteiger partial charge in [0.05, 0.1) is 17.0 Å². The Kier molecular flexibility index (Phi) is 6.10. The molecule has 0 amide bonds. The molecule has 0 aliphatic heterocycles. The van der Waals surface area contributed by atoms with Gasteiger partial charge in [-0.15, -0.1) is 0 Å². The lowest BCUT2D eigenvalue weighted by molar-refractivity contribution is 0.107. The summed E-state index contributed by atoms with van der Waals surface area (Å²) in [6.45, 7) is 5.62. The highest BCUT2D eigenvalue weighted by molar-refractivity contribution is 7.89. The quantitative estimate of drug-likeness (QED) is 0.812. The molecular weight excluding hydrogens is 281 g/mol. The van der Waals surface area contributed by atoms with Crippen molar-refractivity contribution < 1.29 is 17.9 Å². The van der Waals surface area contributed by atoms with Gasteiger partial charge in [-0.05, 0) is 36.6 Å². The Morgan fingerprint density at radius 1 is 1.20 bits per heavy atom. The summed E-state index contributed by atoms with van der Waals surface area (Å²) < 4.78 is 39.9. The summed E-state index contributed by atoms with van der Waals surface area (Å²) in [5, 5.41) is 9.99. The van der Waals surface area contributed by atoms with E-state index in [1.54, 1.807) is 6.92 Å². The maximum absolute atomic E-state index is 12.8. The molecule has 1 rings (SSSR count). The maximum Gasteiger partial charge on any atom is 0.240 e. The molecule has 2 N–H and O–H groups in total. The topological polar surface area (TPSA) is 66.4 Å². The number of hydrogen-bond acceptors (Lipinski definition) is 3. The fourth-order valence-corrected chi connectivity index (χ4v) is 3.32. The number of benzene rings is 1. The summed E-state index contributed by atoms with van der Waals surface area (Å²) in [7, 11) is -3.76. The summed E-state index contributed by atoms with van der Waals surface area (Å²) in [5.74, 6) is -0.490. The molecule has 0 heterocycles. The van der Waals surface area contributed by atoms with Crippen LogP contribution in [0.5, 0.6) is 0 Å². The minimum Gasteiger partial charge on any atom is -0.391 e. The first-order chi connectivity index (χ1) is 9.31. The van der Waals surface area contributed by atoms with Gasteiger partial charge in [0.25, 0.3) is 0 Å². The third kappa shape index (κ3) is 4.26. The van der Waals surface area contributed by atoms with Crippen molar-refractivity contribution in [2.24, 2.45) is 5.92 Å². The largest absolute Gasteiger partial charge is 0.391 e. The van der Waals surface area contributed by atoms with Crippen molar-refractivity contribution in [3.63, 3.8) is 0 Å². The molecule has 0 saturated carbocycles. The molecule has 0 bridgehead atoms. The van der Waals surface area contributed by atoms with Gasteiger partial charge in [-0.2, -0.15) is 0 Å². The second-order valence-electron chi connectivity index (χ2n) is 4.96. The lowest BCUT2D eigenvalue weighted by atomic mass is 9.94. The van der Waals surface area contributed by atoms with Crippen LogP contribution >= 0.6 is 0 Å². The highest BCUT2D eigenvalue weighted by Gasteiger charge is 2.28. The summed E-state index contributed by atoms with van der Waals surface area (Å²) in [4.78, 5) is -0.00416. The monoisotopic (exact) mass is 303 g/mol. The van der Waals surface area contributed by atoms with Gasteiger partial charge in [-0.25, -0.2) is 17.5 Å². The van der Waals surface area contributed by atoms with Crippen molar-refractivity contribution in [2.75, 3.05) is 0 Å². The fourth-order valence-electron chi connectivity index (χ4n) is 1.94. The van der Waals surface area contributed by atoms with Gasteiger partial charge in [0, 0.05) is 0 Å². The van der Waals surface area contributed by atoms with Crippen LogP contribution in [-0.4, -0.2) is 25.7 Å². The van der Waals surface area contributed by atoms with Crippen molar-refractivity contribution in [3.8, 4) is 0 Å². The number of hydrogen-bond donors (Lipinski definition) is 2. The van der Waals surface area contributed by atoms with Crippen LogP contribution in [0, 0.1) is 11.7 Å². The number of rotatable bonds is 7. The number of halogens is 1. The molecule has 1 aromatic rings. The van der Waals surface area contributed by atoms with E-state index in [0.717, 1.165) is 18.6 Å². The van der Waals surface area contributed by atoms with E-state index in [-0.39, 0.29) is 10.8 Å². The van der Waals surface area contributed by atoms with Gasteiger partial charge < -0.3 is 5.11 Å². The molecule has 0 saturated heterocycles. The van der Waals surface area contributed by atoms with Crippen LogP contribution in [0.4, 0.5) is 4.39 Å². The van der Waals surface area contributed by atoms with Crippen molar-refractivity contribution in [3.05, 3.63) is 30.1 Å². The Morgan fingerprint density at radius 2 is 1.75 bits per heavy atom. The highest BCUT2D eigenvalue weighted by Crippen LogP contribution is 2.18. The zero-order valence-corrected chi connectivity index (χ0v) is 12.8. The van der Waals surface area contributed by atoms with E-state index in [0.29, 0.717) is 6.42 Å². The lowest BCUT2D eigenvalue weighted by Gasteiger charge is -2.28. The van der Waals surface area contributed by atoms with Gasteiger partial charge in [0.2, 0.25) is 10.0 Å². The molecule has 0 aliphatic carbocycles. The molecule has 0 aromatic heterocycles. The number of nitrogens with one attached hydrogen (secondary N) is 1. The minimum atomic E-state index is -3.76. The molecule has 20 heavy (non-hydrogen) atoms. The molecule has 0 radical (unpaired) electrons. The van der Waals surface area contributed by atoms with Crippen LogP contribution < -0.4 is 4.72 Å². The minimum absolute atomic E-state index is 0.000161. The summed E-state index contributed by atoms with van der Waals surface area (Å²) in [6.07, 6.45) is 0.453. The molecule has 114 valence electrons. The van der Waals surface area contributed by atoms with Crippen LogP contribution in [-0.2, 0) is 10.0 Å². The van der Waals surface area contributed by atoms with Crippen molar-refractivity contribution in [1.82, 2.24) is 4.72 Å². The van der Waals surface area contributed by atoms with E-state index in [1.807, 2.05) is 13.8 Å². The first-order valence-corrected chi connectivity index (χ1v) is 8.26. The van der Waals surface area contributed by atoms with Gasteiger partial charge in [0.15, 0.2) is 0 Å². The van der Waals surface area contributed by atoms with Gasteiger partial charge >= 0.3 is 0 Å². The van der Waals surface area contributed by atoms with Crippen molar-refractivity contribution in [2.45, 2.75) is 50.7 Å². The Hall–Kier alpha value is -0.980. The lowest BCUT2D eigenvalue weighted by Crippen LogP contribution is -2.47. The van der Waals surface area contributed by atoms with E-state index >= 15 is 0 Å². The number of sulfonamides is 1. The Balaban J connectivity index is 2.99. The Labute approximate surface area is 120 Å². The van der Waals surface area contributed by atoms with Crippen molar-refractivity contribution >= 4 is 10.0 Å². The first kappa shape index (κ1) is 17.1. The second-order valence-corrected chi connectivity index (χ2v) is 6.68. The van der Waals surface area contributed by atoms with E-state index in [4.69, 9.17) is 0 Å². The zero-order valence-electron chi connectivity index (χ0n) is 12.0. The second kappa shape index (κ2) is 7.15. The molecule has 0 spiro atoms. The smallest absolute Gasteiger partial charge is 0.240 e. The highest BCUT2D eigenvalue weighted by atomic mass is 32.2. The molecule has 1 aromatic carbocycles. The Morgan fingerprint density at radius 3 is 2.20 bits per heavy atom. The maximum atomic E-state index is 12.8. The van der Waals surface area contributed by atoms with Crippen LogP contribution in [0.3, 0.4) is 0 Å². The third-order valence-electron chi connectivity index (χ3n) is 3.50. The third-order valence-corrected chi connectivity index (χ3v) is 4.98. The number of aliphatic hydroxyl groups excluding tert-OH is 1. The van der Waals surface area contributed by atoms with Crippen LogP contribution in [0.15, 0.2) is 29.2 Å². The molecule has 0 aliphatic rings. The molecule has 0 fully saturated rings. The average molecular weight is 303 g/mol. The normalized spacial score (nSPS) is 16.6. The van der Waals surface area contributed by atoms with Gasteiger partial charge in [-0.3, -0.25) is 0 Å².